The molecule has 6 heteroatoms. The Morgan fingerprint density at radius 3 is 0.556 bits per heavy atom. The molecule has 0 N–H and O–H groups in total. The van der Waals surface area contributed by atoms with Crippen molar-refractivity contribution in [2.24, 2.45) is 0 Å². The van der Waals surface area contributed by atoms with Crippen LogP contribution in [0.4, 0.5) is 0 Å². The van der Waals surface area contributed by atoms with Gasteiger partial charge < -0.3 is 35.5 Å². The third kappa shape index (κ3) is 219. The number of hydrogen-bond donors (Lipinski definition) is 0. The van der Waals surface area contributed by atoms with Crippen molar-refractivity contribution in [3.8, 4) is 0 Å². The van der Waals surface area contributed by atoms with E-state index in [0.717, 1.165) is 0 Å². The fourth-order valence-corrected chi connectivity index (χ4v) is 0. The van der Waals surface area contributed by atoms with Crippen LogP contribution in [0.3, 0.4) is 0 Å². The van der Waals surface area contributed by atoms with Gasteiger partial charge in [-0.1, -0.05) is 0 Å². The Kier molecular flexibility index (Phi) is 1440. The third-order valence-corrected chi connectivity index (χ3v) is 0. The first kappa shape index (κ1) is 46.2. The van der Waals surface area contributed by atoms with Gasteiger partial charge in [-0.3, -0.25) is 0 Å². The molecule has 0 rings (SSSR count). The Hall–Kier alpha value is 1.59. The first-order chi connectivity index (χ1) is 3.00. The molecule has 0 aromatic carbocycles. The molecule has 9 heavy (non-hydrogen) atoms. The summed E-state index contributed by atoms with van der Waals surface area (Å²) in [4.78, 5) is 0. The second-order valence-electron chi connectivity index (χ2n) is 0. The molecule has 0 saturated heterocycles. The summed E-state index contributed by atoms with van der Waals surface area (Å²) >= 11 is 0. The number of nitrogens with zero attached hydrogens (tertiary/aromatic N) is 3. The largest absolute Gasteiger partial charge is 1.00 e. The Bertz CT molecular complexity index is 45.5. The molecular formula is C3Ag2KN3. The molecule has 0 aliphatic carbocycles. The molecule has 0 aliphatic rings. The minimum atomic E-state index is 0. The fourth-order valence-electron chi connectivity index (χ4n) is 0. The molecule has 0 radical (unpaired) electrons. The van der Waals surface area contributed by atoms with Crippen molar-refractivity contribution < 1.29 is 96.1 Å². The fraction of sp³-hybridized carbons (Fsp3) is 0. The molecule has 0 unspecified atom stereocenters. The van der Waals surface area contributed by atoms with Crippen molar-refractivity contribution in [2.75, 3.05) is 0 Å². The van der Waals surface area contributed by atoms with Crippen LogP contribution in [0.2, 0.25) is 0 Å². The van der Waals surface area contributed by atoms with Gasteiger partial charge in [-0.25, -0.2) is 0 Å². The maximum atomic E-state index is 6.25. The summed E-state index contributed by atoms with van der Waals surface area (Å²) < 4.78 is 0. The summed E-state index contributed by atoms with van der Waals surface area (Å²) in [6.45, 7) is 14.2. The molecule has 0 aromatic rings. The first-order valence-corrected chi connectivity index (χ1v) is 0.671. The third-order valence-electron chi connectivity index (χ3n) is 0. The molecular weight excluding hydrogens is 333 g/mol. The maximum absolute atomic E-state index is 6.25. The predicted molar refractivity (Wildman–Crippen MR) is 14.9 cm³/mol. The van der Waals surface area contributed by atoms with Crippen LogP contribution < -0.4 is 51.4 Å². The molecule has 0 aromatic heterocycles. The molecule has 0 heterocycles. The van der Waals surface area contributed by atoms with Crippen molar-refractivity contribution >= 4 is 0 Å². The molecule has 0 aliphatic heterocycles. The Morgan fingerprint density at radius 1 is 0.556 bits per heavy atom. The van der Waals surface area contributed by atoms with Crippen LogP contribution in [0.5, 0.6) is 0 Å². The predicted octanol–water partition coefficient (Wildman–Crippen LogP) is -2.71. The van der Waals surface area contributed by atoms with Gasteiger partial charge in [0, 0.05) is 0 Å². The van der Waals surface area contributed by atoms with Gasteiger partial charge in [0.1, 0.15) is 0 Å². The number of rotatable bonds is 0. The molecule has 0 fully saturated rings. The van der Waals surface area contributed by atoms with Gasteiger partial charge >= 0.3 is 96.1 Å². The summed E-state index contributed by atoms with van der Waals surface area (Å²) in [5.41, 5.74) is 0. The zero-order valence-corrected chi connectivity index (χ0v) is 10.5. The van der Waals surface area contributed by atoms with Crippen LogP contribution in [0.15, 0.2) is 0 Å². The van der Waals surface area contributed by atoms with Crippen LogP contribution in [0.1, 0.15) is 0 Å². The van der Waals surface area contributed by atoms with E-state index in [9.17, 15) is 0 Å². The van der Waals surface area contributed by atoms with Gasteiger partial charge in [-0.15, -0.1) is 0 Å². The van der Waals surface area contributed by atoms with E-state index in [1.54, 1.807) is 0 Å². The molecule has 0 atom stereocenters. The summed E-state index contributed by atoms with van der Waals surface area (Å²) in [6.07, 6.45) is 0. The zero-order chi connectivity index (χ0) is 6.00. The van der Waals surface area contributed by atoms with E-state index in [1.807, 2.05) is 0 Å². The van der Waals surface area contributed by atoms with Crippen molar-refractivity contribution in [3.05, 3.63) is 19.7 Å². The maximum Gasteiger partial charge on any atom is 1.00 e. The second-order valence-corrected chi connectivity index (χ2v) is 0. The molecule has 3 nitrogen and oxygen atoms in total. The van der Waals surface area contributed by atoms with Crippen molar-refractivity contribution in [2.45, 2.75) is 0 Å². The summed E-state index contributed by atoms with van der Waals surface area (Å²) in [5.74, 6) is 0. The number of hydrogen-bond acceptors (Lipinski definition) is 3. The topological polar surface area (TPSA) is 71.4 Å². The quantitative estimate of drug-likeness (QED) is 0.358. The average molecular weight is 333 g/mol. The second kappa shape index (κ2) is 281. The van der Waals surface area contributed by atoms with E-state index >= 15 is 0 Å². The van der Waals surface area contributed by atoms with Gasteiger partial charge in [-0.05, 0) is 0 Å². The molecule has 50 valence electrons. The van der Waals surface area contributed by atoms with Crippen LogP contribution in [-0.4, -0.2) is 0 Å². The molecule has 0 amide bonds. The molecule has 0 bridgehead atoms. The van der Waals surface area contributed by atoms with Gasteiger partial charge in [0.2, 0.25) is 0 Å². The van der Waals surface area contributed by atoms with E-state index in [-0.39, 0.29) is 96.1 Å². The van der Waals surface area contributed by atoms with E-state index < -0.39 is 0 Å². The van der Waals surface area contributed by atoms with Crippen LogP contribution in [0.25, 0.3) is 0 Å². The SMILES string of the molecule is [Ag+].[Ag+].[C-]#N.[C-]#N.[C-]#N.[K+]. The van der Waals surface area contributed by atoms with E-state index in [1.165, 1.54) is 0 Å². The minimum Gasteiger partial charge on any atom is -0.512 e. The standard InChI is InChI=1S/3CN.2Ag.K/c3*1-2;;;/q3*-1;3*+1. The average Bonchev–Trinajstić information content (AvgIpc) is 1.81. The van der Waals surface area contributed by atoms with E-state index in [2.05, 4.69) is 0 Å². The molecule has 0 saturated carbocycles. The van der Waals surface area contributed by atoms with Gasteiger partial charge in [0.15, 0.2) is 0 Å². The van der Waals surface area contributed by atoms with Gasteiger partial charge in [0.05, 0.1) is 0 Å². The summed E-state index contributed by atoms with van der Waals surface area (Å²) in [5, 5.41) is 18.8. The Labute approximate surface area is 129 Å². The van der Waals surface area contributed by atoms with Crippen LogP contribution in [0, 0.1) is 35.5 Å². The van der Waals surface area contributed by atoms with Crippen molar-refractivity contribution in [1.29, 1.82) is 15.8 Å². The van der Waals surface area contributed by atoms with E-state index in [4.69, 9.17) is 35.5 Å². The van der Waals surface area contributed by atoms with Crippen LogP contribution >= 0.6 is 0 Å². The van der Waals surface area contributed by atoms with Gasteiger partial charge in [0.25, 0.3) is 0 Å². The minimum absolute atomic E-state index is 0. The van der Waals surface area contributed by atoms with Crippen molar-refractivity contribution in [1.82, 2.24) is 0 Å². The van der Waals surface area contributed by atoms with Crippen LogP contribution in [-0.2, 0) is 44.8 Å². The smallest absolute Gasteiger partial charge is 0.512 e. The summed E-state index contributed by atoms with van der Waals surface area (Å²) in [7, 11) is 0. The van der Waals surface area contributed by atoms with Gasteiger partial charge in [-0.2, -0.15) is 0 Å². The molecule has 0 spiro atoms. The normalized spacial score (nSPS) is 0.667. The van der Waals surface area contributed by atoms with E-state index in [0.29, 0.717) is 0 Å². The van der Waals surface area contributed by atoms with Crippen molar-refractivity contribution in [3.63, 3.8) is 0 Å². The Balaban J connectivity index is -0.00000000321. The zero-order valence-electron chi connectivity index (χ0n) is 4.44. The first-order valence-electron chi connectivity index (χ1n) is 0.671. The Morgan fingerprint density at radius 2 is 0.556 bits per heavy atom. The summed E-state index contributed by atoms with van der Waals surface area (Å²) in [6, 6.07) is 0. The monoisotopic (exact) mass is 331 g/mol.